The number of thiazole rings is 1. The zero-order chi connectivity index (χ0) is 14.5. The Kier molecular flexibility index (Phi) is 3.49. The first-order valence-corrected chi connectivity index (χ1v) is 8.79. The third kappa shape index (κ3) is 2.23. The van der Waals surface area contributed by atoms with Gasteiger partial charge in [-0.05, 0) is 19.8 Å². The van der Waals surface area contributed by atoms with Gasteiger partial charge in [0.25, 0.3) is 10.0 Å². The number of aryl methyl sites for hydroxylation is 1. The van der Waals surface area contributed by atoms with E-state index >= 15 is 0 Å². The van der Waals surface area contributed by atoms with Gasteiger partial charge in [-0.1, -0.05) is 11.3 Å². The lowest BCUT2D eigenvalue weighted by atomic mass is 9.69. The van der Waals surface area contributed by atoms with Crippen LogP contribution < -0.4 is 15.3 Å². The average molecular weight is 319 g/mol. The highest BCUT2D eigenvalue weighted by atomic mass is 32.2. The molecule has 1 aliphatic carbocycles. The van der Waals surface area contributed by atoms with E-state index in [1.165, 1.54) is 0 Å². The molecule has 1 saturated heterocycles. The minimum absolute atomic E-state index is 0.0222. The van der Waals surface area contributed by atoms with E-state index in [1.54, 1.807) is 6.92 Å². The Hall–Kier alpha value is -0.740. The molecule has 2 aliphatic rings. The van der Waals surface area contributed by atoms with Gasteiger partial charge in [0.05, 0.1) is 12.1 Å². The molecular formula is C11H17N3O4S2. The first kappa shape index (κ1) is 14.2. The fourth-order valence-corrected chi connectivity index (χ4v) is 5.57. The third-order valence-electron chi connectivity index (χ3n) is 3.99. The number of fused-ring (bicyclic) bond motifs is 1. The quantitative estimate of drug-likeness (QED) is 0.697. The van der Waals surface area contributed by atoms with Crippen molar-refractivity contribution in [3.05, 3.63) is 15.4 Å². The summed E-state index contributed by atoms with van der Waals surface area (Å²) in [7, 11) is -3.74. The summed E-state index contributed by atoms with van der Waals surface area (Å²) in [5, 5.41) is 0. The number of nitrogens with one attached hydrogen (secondary N) is 2. The Morgan fingerprint density at radius 3 is 2.90 bits per heavy atom. The fraction of sp³-hybridized carbons (Fsp3) is 0.727. The van der Waals surface area contributed by atoms with Crippen LogP contribution in [-0.2, 0) is 14.8 Å². The van der Waals surface area contributed by atoms with Crippen LogP contribution in [0.25, 0.3) is 0 Å². The Balaban J connectivity index is 1.80. The van der Waals surface area contributed by atoms with Crippen LogP contribution in [0.3, 0.4) is 0 Å². The van der Waals surface area contributed by atoms with Crippen LogP contribution in [0, 0.1) is 12.8 Å². The number of ether oxygens (including phenoxy) is 1. The molecule has 0 bridgehead atoms. The summed E-state index contributed by atoms with van der Waals surface area (Å²) in [4.78, 5) is 13.3. The summed E-state index contributed by atoms with van der Waals surface area (Å²) in [5.41, 5.74) is 6.38. The van der Waals surface area contributed by atoms with E-state index in [4.69, 9.17) is 10.5 Å². The Bertz CT molecular complexity index is 665. The monoisotopic (exact) mass is 319 g/mol. The smallest absolute Gasteiger partial charge is 0.305 e. The van der Waals surface area contributed by atoms with Crippen molar-refractivity contribution in [3.8, 4) is 0 Å². The fourth-order valence-electron chi connectivity index (χ4n) is 2.97. The second kappa shape index (κ2) is 4.92. The van der Waals surface area contributed by atoms with Gasteiger partial charge in [0.15, 0.2) is 4.21 Å². The van der Waals surface area contributed by atoms with E-state index in [9.17, 15) is 13.2 Å². The zero-order valence-electron chi connectivity index (χ0n) is 11.0. The van der Waals surface area contributed by atoms with Gasteiger partial charge in [0.2, 0.25) is 0 Å². The van der Waals surface area contributed by atoms with Gasteiger partial charge >= 0.3 is 4.87 Å². The normalized spacial score (nSPS) is 33.5. The molecule has 4 N–H and O–H groups in total. The predicted octanol–water partition coefficient (Wildman–Crippen LogP) is -0.472. The van der Waals surface area contributed by atoms with Crippen molar-refractivity contribution in [1.82, 2.24) is 9.71 Å². The zero-order valence-corrected chi connectivity index (χ0v) is 12.6. The highest BCUT2D eigenvalue weighted by Gasteiger charge is 2.52. The van der Waals surface area contributed by atoms with Crippen LogP contribution in [-0.4, -0.2) is 38.2 Å². The summed E-state index contributed by atoms with van der Waals surface area (Å²) in [6.07, 6.45) is 1.79. The molecule has 0 aromatic carbocycles. The molecule has 4 unspecified atom stereocenters. The van der Waals surface area contributed by atoms with Crippen LogP contribution in [0.15, 0.2) is 9.00 Å². The van der Waals surface area contributed by atoms with Gasteiger partial charge in [0.1, 0.15) is 0 Å². The predicted molar refractivity (Wildman–Crippen MR) is 74.2 cm³/mol. The molecule has 112 valence electrons. The van der Waals surface area contributed by atoms with Crippen molar-refractivity contribution in [2.24, 2.45) is 11.7 Å². The van der Waals surface area contributed by atoms with Gasteiger partial charge in [-0.3, -0.25) is 4.79 Å². The number of hydrogen-bond acceptors (Lipinski definition) is 6. The molecule has 20 heavy (non-hydrogen) atoms. The van der Waals surface area contributed by atoms with Gasteiger partial charge in [-0.25, -0.2) is 13.1 Å². The minimum atomic E-state index is -3.74. The molecule has 2 heterocycles. The first-order chi connectivity index (χ1) is 9.40. The minimum Gasteiger partial charge on any atom is -0.376 e. The van der Waals surface area contributed by atoms with Crippen molar-refractivity contribution in [2.75, 3.05) is 6.61 Å². The van der Waals surface area contributed by atoms with E-state index in [-0.39, 0.29) is 27.1 Å². The largest absolute Gasteiger partial charge is 0.376 e. The lowest BCUT2D eigenvalue weighted by Crippen LogP contribution is -2.71. The number of rotatable bonds is 3. The van der Waals surface area contributed by atoms with Crippen LogP contribution >= 0.6 is 11.3 Å². The van der Waals surface area contributed by atoms with Gasteiger partial charge in [-0.15, -0.1) is 0 Å². The van der Waals surface area contributed by atoms with Crippen molar-refractivity contribution >= 4 is 21.4 Å². The molecule has 2 fully saturated rings. The Morgan fingerprint density at radius 1 is 1.50 bits per heavy atom. The van der Waals surface area contributed by atoms with Crippen molar-refractivity contribution < 1.29 is 13.2 Å². The van der Waals surface area contributed by atoms with Gasteiger partial charge in [0, 0.05) is 24.3 Å². The van der Waals surface area contributed by atoms with Crippen molar-refractivity contribution in [1.29, 1.82) is 0 Å². The highest BCUT2D eigenvalue weighted by Crippen LogP contribution is 2.37. The van der Waals surface area contributed by atoms with E-state index in [0.717, 1.165) is 12.8 Å². The highest BCUT2D eigenvalue weighted by molar-refractivity contribution is 7.91. The van der Waals surface area contributed by atoms with E-state index in [1.807, 2.05) is 0 Å². The molecular weight excluding hydrogens is 302 g/mol. The number of sulfonamides is 1. The molecule has 0 spiro atoms. The molecule has 0 amide bonds. The van der Waals surface area contributed by atoms with Crippen LogP contribution in [0.1, 0.15) is 18.5 Å². The maximum atomic E-state index is 12.3. The Morgan fingerprint density at radius 2 is 2.25 bits per heavy atom. The molecule has 1 aromatic rings. The van der Waals surface area contributed by atoms with Gasteiger partial charge in [-0.2, -0.15) is 0 Å². The average Bonchev–Trinajstić information content (AvgIpc) is 2.76. The molecule has 7 nitrogen and oxygen atoms in total. The van der Waals surface area contributed by atoms with E-state index < -0.39 is 16.1 Å². The maximum absolute atomic E-state index is 12.3. The van der Waals surface area contributed by atoms with Crippen molar-refractivity contribution in [2.45, 2.75) is 42.2 Å². The molecule has 1 aliphatic heterocycles. The summed E-state index contributed by atoms with van der Waals surface area (Å²) < 4.78 is 32.8. The van der Waals surface area contributed by atoms with E-state index in [0.29, 0.717) is 23.6 Å². The first-order valence-electron chi connectivity index (χ1n) is 6.49. The number of H-pyrrole nitrogens is 1. The molecule has 0 radical (unpaired) electrons. The van der Waals surface area contributed by atoms with Gasteiger partial charge < -0.3 is 15.5 Å². The van der Waals surface area contributed by atoms with E-state index in [2.05, 4.69) is 9.71 Å². The second-order valence-corrected chi connectivity index (χ2v) is 8.19. The molecule has 1 saturated carbocycles. The van der Waals surface area contributed by atoms with Crippen LogP contribution in [0.4, 0.5) is 0 Å². The standard InChI is InChI=1S/C11H17N3O4S2/c1-5-10(19-11(15)13-5)20(16,17)14-8-7(12)6-3-2-4-18-9(6)8/h6-9,14H,2-4,12H2,1H3,(H,13,15). The lowest BCUT2D eigenvalue weighted by molar-refractivity contribution is -0.114. The van der Waals surface area contributed by atoms with Crippen molar-refractivity contribution in [3.63, 3.8) is 0 Å². The number of hydrogen-bond donors (Lipinski definition) is 3. The van der Waals surface area contributed by atoms with Crippen LogP contribution in [0.2, 0.25) is 0 Å². The summed E-state index contributed by atoms with van der Waals surface area (Å²) in [6, 6.07) is -0.645. The number of nitrogens with two attached hydrogens (primary N) is 1. The number of aromatic nitrogens is 1. The topological polar surface area (TPSA) is 114 Å². The molecule has 3 rings (SSSR count). The SMILES string of the molecule is Cc1[nH]c(=O)sc1S(=O)(=O)NC1C(N)C2CCCOC21. The van der Waals surface area contributed by atoms with Crippen LogP contribution in [0.5, 0.6) is 0 Å². The molecule has 4 atom stereocenters. The lowest BCUT2D eigenvalue weighted by Gasteiger charge is -2.52. The molecule has 9 heteroatoms. The summed E-state index contributed by atoms with van der Waals surface area (Å²) >= 11 is 0.685. The second-order valence-electron chi connectivity index (χ2n) is 5.29. The maximum Gasteiger partial charge on any atom is 0.305 e. The number of aromatic amines is 1. The third-order valence-corrected chi connectivity index (χ3v) is 7.06. The molecule has 1 aromatic heterocycles. The summed E-state index contributed by atoms with van der Waals surface area (Å²) in [6.45, 7) is 2.20. The summed E-state index contributed by atoms with van der Waals surface area (Å²) in [5.74, 6) is 0.225. The Labute approximate surface area is 120 Å².